The molecule has 0 amide bonds. The van der Waals surface area contributed by atoms with Crippen molar-refractivity contribution in [2.24, 2.45) is 0 Å². The fraction of sp³-hybridized carbons (Fsp3) is 0.0769. The standard InChI is InChI=1S/C13H13FN2O2S/c1-9-3-2-4-11(7-9)19(17,18)16-13-6-5-10(15)8-12(13)14/h2-8,16H,15H2,1H3. The quantitative estimate of drug-likeness (QED) is 0.848. The second-order valence-electron chi connectivity index (χ2n) is 4.16. The topological polar surface area (TPSA) is 72.2 Å². The molecular weight excluding hydrogens is 267 g/mol. The largest absolute Gasteiger partial charge is 0.399 e. The lowest BCUT2D eigenvalue weighted by molar-refractivity contribution is 0.598. The van der Waals surface area contributed by atoms with Gasteiger partial charge in [-0.05, 0) is 42.8 Å². The summed E-state index contributed by atoms with van der Waals surface area (Å²) in [5.74, 6) is -0.712. The molecule has 0 aliphatic rings. The van der Waals surface area contributed by atoms with Crippen LogP contribution in [0.5, 0.6) is 0 Å². The summed E-state index contributed by atoms with van der Waals surface area (Å²) in [6.07, 6.45) is 0. The molecule has 2 rings (SSSR count). The highest BCUT2D eigenvalue weighted by atomic mass is 32.2. The third kappa shape index (κ3) is 3.03. The van der Waals surface area contributed by atoms with Crippen LogP contribution < -0.4 is 10.5 Å². The molecule has 0 radical (unpaired) electrons. The van der Waals surface area contributed by atoms with Crippen LogP contribution in [0, 0.1) is 12.7 Å². The van der Waals surface area contributed by atoms with Crippen molar-refractivity contribution in [3.05, 3.63) is 53.8 Å². The monoisotopic (exact) mass is 280 g/mol. The molecule has 0 fully saturated rings. The van der Waals surface area contributed by atoms with Gasteiger partial charge in [0, 0.05) is 5.69 Å². The minimum absolute atomic E-state index is 0.0868. The highest BCUT2D eigenvalue weighted by Crippen LogP contribution is 2.21. The van der Waals surface area contributed by atoms with Crippen molar-refractivity contribution in [1.82, 2.24) is 0 Å². The maximum absolute atomic E-state index is 13.6. The molecule has 0 unspecified atom stereocenters. The van der Waals surface area contributed by atoms with Gasteiger partial charge in [-0.3, -0.25) is 4.72 Å². The predicted molar refractivity (Wildman–Crippen MR) is 72.8 cm³/mol. The molecular formula is C13H13FN2O2S. The Kier molecular flexibility index (Phi) is 3.44. The number of nitrogen functional groups attached to an aromatic ring is 1. The van der Waals surface area contributed by atoms with Gasteiger partial charge in [0.2, 0.25) is 0 Å². The number of hydrogen-bond donors (Lipinski definition) is 2. The highest BCUT2D eigenvalue weighted by Gasteiger charge is 2.16. The Hall–Kier alpha value is -2.08. The average molecular weight is 280 g/mol. The first-order chi connectivity index (χ1) is 8.88. The summed E-state index contributed by atoms with van der Waals surface area (Å²) >= 11 is 0. The van der Waals surface area contributed by atoms with E-state index in [1.54, 1.807) is 19.1 Å². The van der Waals surface area contributed by atoms with Gasteiger partial charge in [-0.15, -0.1) is 0 Å². The van der Waals surface area contributed by atoms with Gasteiger partial charge in [0.1, 0.15) is 5.82 Å². The van der Waals surface area contributed by atoms with Crippen LogP contribution >= 0.6 is 0 Å². The van der Waals surface area contributed by atoms with Gasteiger partial charge in [-0.1, -0.05) is 12.1 Å². The molecule has 3 N–H and O–H groups in total. The number of nitrogens with two attached hydrogens (primary N) is 1. The molecule has 0 aliphatic heterocycles. The van der Waals surface area contributed by atoms with E-state index in [0.717, 1.165) is 11.6 Å². The average Bonchev–Trinajstić information content (AvgIpc) is 2.33. The maximum atomic E-state index is 13.6. The molecule has 2 aromatic rings. The predicted octanol–water partition coefficient (Wildman–Crippen LogP) is 2.52. The Balaban J connectivity index is 2.36. The third-order valence-electron chi connectivity index (χ3n) is 2.54. The van der Waals surface area contributed by atoms with Gasteiger partial charge < -0.3 is 5.73 Å². The lowest BCUT2D eigenvalue weighted by Crippen LogP contribution is -2.14. The normalized spacial score (nSPS) is 11.3. The first-order valence-corrected chi connectivity index (χ1v) is 7.01. The maximum Gasteiger partial charge on any atom is 0.261 e. The van der Waals surface area contributed by atoms with Gasteiger partial charge in [-0.25, -0.2) is 12.8 Å². The summed E-state index contributed by atoms with van der Waals surface area (Å²) in [5, 5.41) is 0. The summed E-state index contributed by atoms with van der Waals surface area (Å²) < 4.78 is 39.9. The Bertz CT molecular complexity index is 714. The Morgan fingerprint density at radius 1 is 1.16 bits per heavy atom. The molecule has 19 heavy (non-hydrogen) atoms. The van der Waals surface area contributed by atoms with Gasteiger partial charge in [-0.2, -0.15) is 0 Å². The summed E-state index contributed by atoms with van der Waals surface area (Å²) in [4.78, 5) is 0.0868. The zero-order chi connectivity index (χ0) is 14.0. The third-order valence-corrected chi connectivity index (χ3v) is 3.90. The van der Waals surface area contributed by atoms with Crippen molar-refractivity contribution in [2.75, 3.05) is 10.5 Å². The van der Waals surface area contributed by atoms with E-state index in [-0.39, 0.29) is 16.3 Å². The number of halogens is 1. The second kappa shape index (κ2) is 4.89. The molecule has 0 aliphatic carbocycles. The first kappa shape index (κ1) is 13.4. The number of benzene rings is 2. The van der Waals surface area contributed by atoms with Crippen LogP contribution in [0.3, 0.4) is 0 Å². The molecule has 0 atom stereocenters. The second-order valence-corrected chi connectivity index (χ2v) is 5.84. The van der Waals surface area contributed by atoms with E-state index < -0.39 is 15.8 Å². The Morgan fingerprint density at radius 3 is 2.53 bits per heavy atom. The number of nitrogens with one attached hydrogen (secondary N) is 1. The molecule has 0 bridgehead atoms. The van der Waals surface area contributed by atoms with Crippen molar-refractivity contribution < 1.29 is 12.8 Å². The summed E-state index contributed by atoms with van der Waals surface area (Å²) in [7, 11) is -3.80. The highest BCUT2D eigenvalue weighted by molar-refractivity contribution is 7.92. The summed E-state index contributed by atoms with van der Waals surface area (Å²) in [6, 6.07) is 10.2. The van der Waals surface area contributed by atoms with Crippen molar-refractivity contribution in [3.8, 4) is 0 Å². The van der Waals surface area contributed by atoms with E-state index in [9.17, 15) is 12.8 Å². The van der Waals surface area contributed by atoms with E-state index in [1.807, 2.05) is 0 Å². The molecule has 0 heterocycles. The molecule has 100 valence electrons. The molecule has 0 aromatic heterocycles. The summed E-state index contributed by atoms with van der Waals surface area (Å²) in [5.41, 5.74) is 6.31. The lowest BCUT2D eigenvalue weighted by atomic mass is 10.2. The van der Waals surface area contributed by atoms with Crippen LogP contribution in [0.1, 0.15) is 5.56 Å². The van der Waals surface area contributed by atoms with Crippen LogP contribution in [0.15, 0.2) is 47.4 Å². The van der Waals surface area contributed by atoms with Crippen LogP contribution in [-0.4, -0.2) is 8.42 Å². The zero-order valence-electron chi connectivity index (χ0n) is 10.2. The first-order valence-electron chi connectivity index (χ1n) is 5.53. The number of aryl methyl sites for hydroxylation is 1. The smallest absolute Gasteiger partial charge is 0.261 e. The number of sulfonamides is 1. The molecule has 6 heteroatoms. The van der Waals surface area contributed by atoms with E-state index in [0.29, 0.717) is 0 Å². The van der Waals surface area contributed by atoms with Gasteiger partial charge in [0.05, 0.1) is 10.6 Å². The minimum atomic E-state index is -3.80. The van der Waals surface area contributed by atoms with Crippen molar-refractivity contribution in [3.63, 3.8) is 0 Å². The van der Waals surface area contributed by atoms with Crippen molar-refractivity contribution in [2.45, 2.75) is 11.8 Å². The Morgan fingerprint density at radius 2 is 1.89 bits per heavy atom. The van der Waals surface area contributed by atoms with E-state index in [4.69, 9.17) is 5.73 Å². The van der Waals surface area contributed by atoms with Gasteiger partial charge >= 0.3 is 0 Å². The van der Waals surface area contributed by atoms with Crippen LogP contribution in [-0.2, 0) is 10.0 Å². The van der Waals surface area contributed by atoms with E-state index in [1.165, 1.54) is 24.3 Å². The van der Waals surface area contributed by atoms with Crippen LogP contribution in [0.4, 0.5) is 15.8 Å². The minimum Gasteiger partial charge on any atom is -0.399 e. The van der Waals surface area contributed by atoms with Gasteiger partial charge in [0.25, 0.3) is 10.0 Å². The van der Waals surface area contributed by atoms with Crippen molar-refractivity contribution >= 4 is 21.4 Å². The van der Waals surface area contributed by atoms with Crippen LogP contribution in [0.2, 0.25) is 0 Å². The van der Waals surface area contributed by atoms with E-state index >= 15 is 0 Å². The van der Waals surface area contributed by atoms with Gasteiger partial charge in [0.15, 0.2) is 0 Å². The zero-order valence-corrected chi connectivity index (χ0v) is 11.0. The fourth-order valence-corrected chi connectivity index (χ4v) is 2.77. The lowest BCUT2D eigenvalue weighted by Gasteiger charge is -2.09. The fourth-order valence-electron chi connectivity index (χ4n) is 1.60. The number of rotatable bonds is 3. The summed E-state index contributed by atoms with van der Waals surface area (Å²) in [6.45, 7) is 1.78. The van der Waals surface area contributed by atoms with Crippen LogP contribution in [0.25, 0.3) is 0 Å². The number of hydrogen-bond acceptors (Lipinski definition) is 3. The molecule has 0 saturated heterocycles. The Labute approximate surface area is 111 Å². The molecule has 0 spiro atoms. The molecule has 2 aromatic carbocycles. The van der Waals surface area contributed by atoms with Crippen molar-refractivity contribution in [1.29, 1.82) is 0 Å². The SMILES string of the molecule is Cc1cccc(S(=O)(=O)Nc2ccc(N)cc2F)c1. The molecule has 4 nitrogen and oxygen atoms in total. The van der Waals surface area contributed by atoms with E-state index in [2.05, 4.69) is 4.72 Å². The number of anilines is 2. The molecule has 0 saturated carbocycles.